The van der Waals surface area contributed by atoms with E-state index in [-0.39, 0.29) is 5.75 Å². The first-order valence-electron chi connectivity index (χ1n) is 4.43. The summed E-state index contributed by atoms with van der Waals surface area (Å²) >= 11 is 0. The quantitative estimate of drug-likeness (QED) is 0.603. The van der Waals surface area contributed by atoms with Gasteiger partial charge in [0.1, 0.15) is 0 Å². The molecule has 0 spiro atoms. The molecule has 0 heterocycles. The van der Waals surface area contributed by atoms with Crippen molar-refractivity contribution in [2.24, 2.45) is 0 Å². The van der Waals surface area contributed by atoms with Crippen LogP contribution < -0.4 is 10.5 Å². The second-order valence-electron chi connectivity index (χ2n) is 3.19. The summed E-state index contributed by atoms with van der Waals surface area (Å²) in [6.45, 7) is 5.15. The van der Waals surface area contributed by atoms with Crippen molar-refractivity contribution in [2.45, 2.75) is 6.92 Å². The van der Waals surface area contributed by atoms with E-state index in [0.717, 1.165) is 5.56 Å². The fraction of sp³-hybridized carbons (Fsp3) is 0.200. The Hall–Kier alpha value is -1.49. The highest BCUT2D eigenvalue weighted by atomic mass is 32.2. The lowest BCUT2D eigenvalue weighted by molar-refractivity contribution is 0.604. The molecule has 1 aromatic rings. The summed E-state index contributed by atoms with van der Waals surface area (Å²) in [4.78, 5) is 0. The van der Waals surface area contributed by atoms with Crippen molar-refractivity contribution in [3.63, 3.8) is 0 Å². The smallest absolute Gasteiger partial charge is 0.236 e. The Kier molecular flexibility index (Phi) is 3.36. The zero-order chi connectivity index (χ0) is 11.5. The van der Waals surface area contributed by atoms with Crippen molar-refractivity contribution in [3.8, 4) is 0 Å². The van der Waals surface area contributed by atoms with Gasteiger partial charge in [-0.2, -0.15) is 0 Å². The fourth-order valence-electron chi connectivity index (χ4n) is 1.13. The van der Waals surface area contributed by atoms with Crippen LogP contribution in [0.3, 0.4) is 0 Å². The lowest BCUT2D eigenvalue weighted by Gasteiger charge is -2.10. The number of sulfonamides is 1. The van der Waals surface area contributed by atoms with E-state index < -0.39 is 10.0 Å². The highest BCUT2D eigenvalue weighted by Crippen LogP contribution is 2.21. The van der Waals surface area contributed by atoms with Crippen molar-refractivity contribution in [2.75, 3.05) is 16.2 Å². The maximum Gasteiger partial charge on any atom is 0.236 e. The number of rotatable bonds is 4. The Bertz CT molecular complexity index is 466. The molecule has 0 aliphatic rings. The molecular weight excluding hydrogens is 212 g/mol. The highest BCUT2D eigenvalue weighted by molar-refractivity contribution is 7.92. The summed E-state index contributed by atoms with van der Waals surface area (Å²) in [5.74, 6) is -0.110. The number of nitrogens with two attached hydrogens (primary N) is 1. The van der Waals surface area contributed by atoms with Crippen LogP contribution >= 0.6 is 0 Å². The van der Waals surface area contributed by atoms with E-state index in [0.29, 0.717) is 11.4 Å². The van der Waals surface area contributed by atoms with Crippen molar-refractivity contribution in [1.29, 1.82) is 0 Å². The average molecular weight is 226 g/mol. The van der Waals surface area contributed by atoms with Gasteiger partial charge in [0.05, 0.1) is 11.4 Å². The number of anilines is 2. The van der Waals surface area contributed by atoms with Crippen LogP contribution in [0, 0.1) is 6.92 Å². The molecule has 15 heavy (non-hydrogen) atoms. The third kappa shape index (κ3) is 2.99. The third-order valence-electron chi connectivity index (χ3n) is 1.98. The summed E-state index contributed by atoms with van der Waals surface area (Å²) in [7, 11) is -3.35. The third-order valence-corrected chi connectivity index (χ3v) is 3.18. The topological polar surface area (TPSA) is 72.2 Å². The minimum absolute atomic E-state index is 0.110. The lowest BCUT2D eigenvalue weighted by Crippen LogP contribution is -2.16. The Labute approximate surface area is 89.9 Å². The first-order valence-corrected chi connectivity index (χ1v) is 6.08. The molecule has 0 aromatic heterocycles. The van der Waals surface area contributed by atoms with Gasteiger partial charge in [0.15, 0.2) is 0 Å². The van der Waals surface area contributed by atoms with Crippen LogP contribution in [0.5, 0.6) is 0 Å². The molecule has 82 valence electrons. The van der Waals surface area contributed by atoms with E-state index in [1.54, 1.807) is 25.1 Å². The van der Waals surface area contributed by atoms with Crippen LogP contribution in [0.4, 0.5) is 11.4 Å². The number of benzene rings is 1. The molecule has 0 radical (unpaired) electrons. The van der Waals surface area contributed by atoms with Crippen molar-refractivity contribution in [3.05, 3.63) is 36.4 Å². The number of nitrogen functional groups attached to an aromatic ring is 1. The molecular formula is C10H14N2O2S. The van der Waals surface area contributed by atoms with Gasteiger partial charge in [0.2, 0.25) is 10.0 Å². The van der Waals surface area contributed by atoms with Gasteiger partial charge in [-0.15, -0.1) is 6.58 Å². The van der Waals surface area contributed by atoms with Crippen LogP contribution in [0.15, 0.2) is 30.9 Å². The number of hydrogen-bond donors (Lipinski definition) is 2. The summed E-state index contributed by atoms with van der Waals surface area (Å²) < 4.78 is 25.3. The van der Waals surface area contributed by atoms with Gasteiger partial charge in [-0.25, -0.2) is 8.42 Å². The van der Waals surface area contributed by atoms with E-state index in [4.69, 9.17) is 5.73 Å². The van der Waals surface area contributed by atoms with Crippen molar-refractivity contribution < 1.29 is 8.42 Å². The van der Waals surface area contributed by atoms with E-state index >= 15 is 0 Å². The molecule has 0 saturated heterocycles. The largest absolute Gasteiger partial charge is 0.398 e. The highest BCUT2D eigenvalue weighted by Gasteiger charge is 2.10. The van der Waals surface area contributed by atoms with Crippen LogP contribution in [-0.2, 0) is 10.0 Å². The van der Waals surface area contributed by atoms with Gasteiger partial charge in [-0.3, -0.25) is 4.72 Å². The second-order valence-corrected chi connectivity index (χ2v) is 4.96. The first-order chi connectivity index (χ1) is 6.96. The molecule has 1 rings (SSSR count). The summed E-state index contributed by atoms with van der Waals surface area (Å²) in [5, 5.41) is 0. The van der Waals surface area contributed by atoms with Crippen LogP contribution in [0.25, 0.3) is 0 Å². The zero-order valence-electron chi connectivity index (χ0n) is 8.53. The van der Waals surface area contributed by atoms with E-state index in [9.17, 15) is 8.42 Å². The Morgan fingerprint density at radius 2 is 2.20 bits per heavy atom. The van der Waals surface area contributed by atoms with E-state index in [2.05, 4.69) is 11.3 Å². The molecule has 5 heteroatoms. The van der Waals surface area contributed by atoms with Gasteiger partial charge >= 0.3 is 0 Å². The van der Waals surface area contributed by atoms with Crippen molar-refractivity contribution >= 4 is 21.4 Å². The summed E-state index contributed by atoms with van der Waals surface area (Å²) in [5.41, 5.74) is 7.46. The Balaban J connectivity index is 3.00. The predicted molar refractivity (Wildman–Crippen MR) is 63.2 cm³/mol. The normalized spacial score (nSPS) is 11.0. The Morgan fingerprint density at radius 3 is 2.80 bits per heavy atom. The lowest BCUT2D eigenvalue weighted by atomic mass is 10.2. The number of hydrogen-bond acceptors (Lipinski definition) is 3. The molecule has 1 aromatic carbocycles. The maximum absolute atomic E-state index is 11.4. The maximum atomic E-state index is 11.4. The monoisotopic (exact) mass is 226 g/mol. The summed E-state index contributed by atoms with van der Waals surface area (Å²) in [6.07, 6.45) is 1.34. The molecule has 0 aliphatic carbocycles. The first kappa shape index (κ1) is 11.6. The molecule has 0 saturated carbocycles. The molecule has 0 atom stereocenters. The van der Waals surface area contributed by atoms with Crippen molar-refractivity contribution in [1.82, 2.24) is 0 Å². The molecule has 0 bridgehead atoms. The Morgan fingerprint density at radius 1 is 1.53 bits per heavy atom. The second kappa shape index (κ2) is 4.35. The molecule has 4 nitrogen and oxygen atoms in total. The molecule has 0 aliphatic heterocycles. The minimum atomic E-state index is -3.35. The minimum Gasteiger partial charge on any atom is -0.398 e. The molecule has 0 unspecified atom stereocenters. The predicted octanol–water partition coefficient (Wildman–Crippen LogP) is 1.50. The standard InChI is InChI=1S/C10H14N2O2S/c1-3-7-15(13,14)12-10-6-4-5-9(11)8(10)2/h3-6,12H,1,7,11H2,2H3. The SMILES string of the molecule is C=CCS(=O)(=O)Nc1cccc(N)c1C. The van der Waals surface area contributed by atoms with Crippen LogP contribution in [-0.4, -0.2) is 14.2 Å². The fourth-order valence-corrected chi connectivity index (χ4v) is 2.08. The van der Waals surface area contributed by atoms with Gasteiger partial charge in [0, 0.05) is 5.69 Å². The average Bonchev–Trinajstić information content (AvgIpc) is 2.12. The van der Waals surface area contributed by atoms with Crippen LogP contribution in [0.1, 0.15) is 5.56 Å². The number of nitrogens with one attached hydrogen (secondary N) is 1. The van der Waals surface area contributed by atoms with Gasteiger partial charge in [-0.1, -0.05) is 12.1 Å². The van der Waals surface area contributed by atoms with E-state index in [1.165, 1.54) is 6.08 Å². The van der Waals surface area contributed by atoms with Gasteiger partial charge < -0.3 is 5.73 Å². The molecule has 0 amide bonds. The summed E-state index contributed by atoms with van der Waals surface area (Å²) in [6, 6.07) is 5.10. The van der Waals surface area contributed by atoms with E-state index in [1.807, 2.05) is 0 Å². The van der Waals surface area contributed by atoms with Crippen LogP contribution in [0.2, 0.25) is 0 Å². The molecule has 3 N–H and O–H groups in total. The van der Waals surface area contributed by atoms with Gasteiger partial charge in [0.25, 0.3) is 0 Å². The zero-order valence-corrected chi connectivity index (χ0v) is 9.34. The van der Waals surface area contributed by atoms with Gasteiger partial charge in [-0.05, 0) is 24.6 Å². The molecule has 0 fully saturated rings.